The third-order valence-electron chi connectivity index (χ3n) is 11.5. The fourth-order valence-electron chi connectivity index (χ4n) is 8.44. The Labute approximate surface area is 440 Å². The maximum atomic E-state index is 13.1. The van der Waals surface area contributed by atoms with Gasteiger partial charge in [-0.2, -0.15) is 31.9 Å². The van der Waals surface area contributed by atoms with Crippen molar-refractivity contribution in [2.75, 3.05) is 10.2 Å². The van der Waals surface area contributed by atoms with Crippen molar-refractivity contribution in [1.29, 1.82) is 5.26 Å². The van der Waals surface area contributed by atoms with Crippen LogP contribution in [0, 0.1) is 59.8 Å². The third-order valence-corrected chi connectivity index (χ3v) is 17.0. The summed E-state index contributed by atoms with van der Waals surface area (Å²) >= 11 is 3.82. The van der Waals surface area contributed by atoms with E-state index in [1.807, 2.05) is 47.6 Å². The van der Waals surface area contributed by atoms with Crippen LogP contribution in [0.2, 0.25) is 0 Å². The molecule has 4 aromatic carbocycles. The highest BCUT2D eigenvalue weighted by Crippen LogP contribution is 2.47. The molecule has 74 heavy (non-hydrogen) atoms. The van der Waals surface area contributed by atoms with Crippen LogP contribution in [0.1, 0.15) is 71.0 Å². The van der Waals surface area contributed by atoms with Crippen molar-refractivity contribution in [3.8, 4) is 11.2 Å². The normalized spacial score (nSPS) is 12.4. The van der Waals surface area contributed by atoms with Gasteiger partial charge in [0.15, 0.2) is 16.8 Å². The smallest absolute Gasteiger partial charge is 0.295 e. The summed E-state index contributed by atoms with van der Waals surface area (Å²) in [7, 11) is -9.43. The Bertz CT molecular complexity index is 3870. The monoisotopic (exact) mass is 1120 g/mol. The summed E-state index contributed by atoms with van der Waals surface area (Å²) in [6, 6.07) is 16.5. The molecular weight excluding hydrogens is 1080 g/mol. The summed E-state index contributed by atoms with van der Waals surface area (Å²) in [5, 5.41) is 54.7. The number of nitrogens with one attached hydrogen (secondary N) is 1. The van der Waals surface area contributed by atoms with E-state index in [0.717, 1.165) is 46.5 Å². The lowest BCUT2D eigenvalue weighted by molar-refractivity contribution is -0.432. The van der Waals surface area contributed by atoms with E-state index in [4.69, 9.17) is 45.1 Å². The predicted molar refractivity (Wildman–Crippen MR) is 280 cm³/mol. The highest BCUT2D eigenvalue weighted by atomic mass is 32.2. The van der Waals surface area contributed by atoms with Crippen LogP contribution in [-0.2, 0) is 44.4 Å². The summed E-state index contributed by atoms with van der Waals surface area (Å²) in [6.07, 6.45) is 0. The number of azo groups is 1. The predicted octanol–water partition coefficient (Wildman–Crippen LogP) is 12.8. The van der Waals surface area contributed by atoms with Gasteiger partial charge in [-0.1, -0.05) is 65.7 Å². The molecule has 4 heterocycles. The minimum absolute atomic E-state index is 0.0454. The standard InChI is InChI=1S/C46H44N10O12S6/c1-21-15-24(4)39(72-68-66-58)26(6)36(21)51-42-37(52-53-43-30(20-47)41(46(8,9)10)54-56(43)45-49-31-13-11-28(71-67-65-57)18-33(31)70-45)22(2)17-35(50-42)55(38-23(3)16-25(5)40(27(38)7)74(62,63)64)44-48-32-14-12-29(73(59,60)61)19-34(32)69-44/h11-19,57-58H,1-10H3,(H,50,51)(H,59,60,61)(H,62,63,64). The molecule has 0 radical (unpaired) electrons. The largest absolute Gasteiger partial charge is 0.338 e. The van der Waals surface area contributed by atoms with Crippen molar-refractivity contribution < 1.29 is 55.2 Å². The van der Waals surface area contributed by atoms with Gasteiger partial charge in [0.1, 0.15) is 28.0 Å². The Balaban J connectivity index is 1.41. The number of thiazole rings is 2. The number of nitrogens with zero attached hydrogens (tertiary/aromatic N) is 9. The third kappa shape index (κ3) is 10.8. The van der Waals surface area contributed by atoms with E-state index >= 15 is 0 Å². The first-order valence-electron chi connectivity index (χ1n) is 21.7. The van der Waals surface area contributed by atoms with Gasteiger partial charge in [0.2, 0.25) is 5.13 Å². The van der Waals surface area contributed by atoms with Crippen molar-refractivity contribution >= 4 is 127 Å². The molecule has 0 fully saturated rings. The molecule has 5 N–H and O–H groups in total. The van der Waals surface area contributed by atoms with Crippen LogP contribution in [0.3, 0.4) is 0 Å². The molecule has 4 aromatic heterocycles. The lowest BCUT2D eigenvalue weighted by Gasteiger charge is -2.28. The topological polar surface area (TPSA) is 306 Å². The maximum absolute atomic E-state index is 13.1. The average molecular weight is 1120 g/mol. The quantitative estimate of drug-likeness (QED) is 0.0197. The molecule has 8 rings (SSSR count). The fourth-order valence-corrected chi connectivity index (χ4v) is 12.9. The number of nitriles is 1. The molecule has 28 heteroatoms. The van der Waals surface area contributed by atoms with Crippen molar-refractivity contribution in [2.45, 2.75) is 94.2 Å². The SMILES string of the molecule is Cc1cc(N(c2nc3ccc(S(=O)(=O)O)cc3s2)c2c(C)cc(C)c(S(=O)(=O)O)c2C)nc(Nc2c(C)cc(C)c(SOOO)c2C)c1N=Nc1c(C#N)c(C(C)(C)C)nn1-c1nc2ccc(SOOO)cc2s1. The first-order valence-corrected chi connectivity index (χ1v) is 27.7. The first-order chi connectivity index (χ1) is 34.8. The number of hydrogen-bond donors (Lipinski definition) is 5. The van der Waals surface area contributed by atoms with Gasteiger partial charge in [-0.3, -0.25) is 14.0 Å². The Morgan fingerprint density at radius 3 is 2.08 bits per heavy atom. The number of benzene rings is 4. The summed E-state index contributed by atoms with van der Waals surface area (Å²) in [5.41, 5.74) is 5.34. The number of anilines is 5. The highest BCUT2D eigenvalue weighted by molar-refractivity contribution is 7.94. The molecule has 0 saturated carbocycles. The summed E-state index contributed by atoms with van der Waals surface area (Å²) in [6.45, 7) is 17.8. The zero-order valence-electron chi connectivity index (χ0n) is 40.7. The van der Waals surface area contributed by atoms with Crippen LogP contribution in [0.5, 0.6) is 0 Å². The number of aryl methyl sites for hydroxylation is 5. The summed E-state index contributed by atoms with van der Waals surface area (Å²) < 4.78 is 83.1. The van der Waals surface area contributed by atoms with E-state index in [9.17, 15) is 31.2 Å². The lowest BCUT2D eigenvalue weighted by atomic mass is 9.90. The second-order valence-electron chi connectivity index (χ2n) is 17.8. The molecule has 0 aliphatic carbocycles. The van der Waals surface area contributed by atoms with Gasteiger partial charge in [-0.25, -0.2) is 25.5 Å². The molecular formula is C46H44N10O12S6. The molecule has 8 aromatic rings. The molecule has 0 saturated heterocycles. The zero-order chi connectivity index (χ0) is 53.8. The van der Waals surface area contributed by atoms with E-state index < -0.39 is 25.7 Å². The minimum atomic E-state index is -4.81. The first kappa shape index (κ1) is 54.3. The molecule has 0 spiro atoms. The van der Waals surface area contributed by atoms with Gasteiger partial charge in [0.05, 0.1) is 60.8 Å². The minimum Gasteiger partial charge on any atom is -0.338 e. The van der Waals surface area contributed by atoms with Crippen LogP contribution in [0.15, 0.2) is 84.4 Å². The van der Waals surface area contributed by atoms with E-state index in [0.29, 0.717) is 63.4 Å². The van der Waals surface area contributed by atoms with E-state index in [1.54, 1.807) is 56.0 Å². The van der Waals surface area contributed by atoms with Gasteiger partial charge in [-0.05, 0) is 130 Å². The van der Waals surface area contributed by atoms with Crippen molar-refractivity contribution in [1.82, 2.24) is 24.7 Å². The maximum Gasteiger partial charge on any atom is 0.295 e. The van der Waals surface area contributed by atoms with Crippen LogP contribution in [0.25, 0.3) is 25.6 Å². The van der Waals surface area contributed by atoms with Gasteiger partial charge in [0, 0.05) is 20.9 Å². The van der Waals surface area contributed by atoms with Crippen LogP contribution in [0.4, 0.5) is 39.6 Å². The molecule has 22 nitrogen and oxygen atoms in total. The Hall–Kier alpha value is -6.01. The summed E-state index contributed by atoms with van der Waals surface area (Å²) in [4.78, 5) is 16.9. The van der Waals surface area contributed by atoms with E-state index in [2.05, 4.69) is 25.8 Å². The van der Waals surface area contributed by atoms with E-state index in [1.165, 1.54) is 41.1 Å². The zero-order valence-corrected chi connectivity index (χ0v) is 45.6. The average Bonchev–Trinajstić information content (AvgIpc) is 4.04. The Kier molecular flexibility index (Phi) is 15.4. The van der Waals surface area contributed by atoms with Crippen LogP contribution >= 0.6 is 46.8 Å². The summed E-state index contributed by atoms with van der Waals surface area (Å²) in [5.74, 6) is 0.277. The Morgan fingerprint density at radius 2 is 1.42 bits per heavy atom. The second kappa shape index (κ2) is 21.0. The van der Waals surface area contributed by atoms with Gasteiger partial charge >= 0.3 is 0 Å². The van der Waals surface area contributed by atoms with Gasteiger partial charge < -0.3 is 5.32 Å². The van der Waals surface area contributed by atoms with Crippen molar-refractivity contribution in [3.63, 3.8) is 0 Å². The number of aromatic nitrogens is 5. The number of fused-ring (bicyclic) bond motifs is 2. The molecule has 0 bridgehead atoms. The Morgan fingerprint density at radius 1 is 0.757 bits per heavy atom. The molecule has 0 aliphatic rings. The molecule has 0 unspecified atom stereocenters. The van der Waals surface area contributed by atoms with Gasteiger partial charge in [0.25, 0.3) is 20.2 Å². The molecule has 0 aliphatic heterocycles. The van der Waals surface area contributed by atoms with E-state index in [-0.39, 0.29) is 60.4 Å². The van der Waals surface area contributed by atoms with Gasteiger partial charge in [-0.15, -0.1) is 18.9 Å². The second-order valence-corrected chi connectivity index (χ2v) is 24.1. The number of hydrogen-bond acceptors (Lipinski definition) is 23. The van der Waals surface area contributed by atoms with Crippen molar-refractivity contribution in [2.24, 2.45) is 10.2 Å². The fraction of sp³-hybridized carbons (Fsp3) is 0.239. The number of rotatable bonds is 16. The number of pyridine rings is 1. The van der Waals surface area contributed by atoms with Crippen molar-refractivity contribution in [3.05, 3.63) is 105 Å². The van der Waals surface area contributed by atoms with Crippen LogP contribution in [-0.4, -0.2) is 61.2 Å². The van der Waals surface area contributed by atoms with Crippen LogP contribution < -0.4 is 10.2 Å². The molecule has 386 valence electrons. The lowest BCUT2D eigenvalue weighted by Crippen LogP contribution is -2.17. The molecule has 0 atom stereocenters. The molecule has 0 amide bonds. The highest BCUT2D eigenvalue weighted by Gasteiger charge is 2.32.